The van der Waals surface area contributed by atoms with E-state index in [1.165, 1.54) is 0 Å². The summed E-state index contributed by atoms with van der Waals surface area (Å²) >= 11 is 1.74. The molecule has 0 aliphatic carbocycles. The van der Waals surface area contributed by atoms with Gasteiger partial charge in [-0.3, -0.25) is 0 Å². The standard InChI is InChI=1S/C11H17NO2S2/c1-10(15-2)8-9-12-16(13,14)11-6-4-3-5-7-11/h3-7,10,12H,8-9H2,1-2H3. The van der Waals surface area contributed by atoms with Crippen molar-refractivity contribution in [2.45, 2.75) is 23.5 Å². The van der Waals surface area contributed by atoms with Gasteiger partial charge in [-0.2, -0.15) is 11.8 Å². The molecule has 1 aromatic rings. The molecule has 0 saturated heterocycles. The van der Waals surface area contributed by atoms with Crippen LogP contribution in [0, 0.1) is 0 Å². The number of rotatable bonds is 6. The van der Waals surface area contributed by atoms with Gasteiger partial charge in [-0.05, 0) is 24.8 Å². The van der Waals surface area contributed by atoms with Crippen molar-refractivity contribution in [1.29, 1.82) is 0 Å². The second kappa shape index (κ2) is 6.27. The van der Waals surface area contributed by atoms with Crippen molar-refractivity contribution in [2.75, 3.05) is 12.8 Å². The van der Waals surface area contributed by atoms with Crippen molar-refractivity contribution >= 4 is 21.8 Å². The number of benzene rings is 1. The summed E-state index contributed by atoms with van der Waals surface area (Å²) in [5.74, 6) is 0. The summed E-state index contributed by atoms with van der Waals surface area (Å²) in [6.07, 6.45) is 2.86. The Bertz CT molecular complexity index is 403. The van der Waals surface area contributed by atoms with Gasteiger partial charge in [0.25, 0.3) is 0 Å². The van der Waals surface area contributed by atoms with Crippen molar-refractivity contribution in [3.05, 3.63) is 30.3 Å². The molecular weight excluding hydrogens is 242 g/mol. The summed E-state index contributed by atoms with van der Waals surface area (Å²) < 4.78 is 26.2. The van der Waals surface area contributed by atoms with Crippen LogP contribution in [0.3, 0.4) is 0 Å². The molecule has 0 aliphatic heterocycles. The van der Waals surface area contributed by atoms with Crippen LogP contribution in [-0.4, -0.2) is 26.5 Å². The molecule has 1 rings (SSSR count). The van der Waals surface area contributed by atoms with Gasteiger partial charge in [0.1, 0.15) is 0 Å². The van der Waals surface area contributed by atoms with Gasteiger partial charge in [0, 0.05) is 11.8 Å². The third kappa shape index (κ3) is 4.15. The van der Waals surface area contributed by atoms with Crippen LogP contribution in [0.15, 0.2) is 35.2 Å². The summed E-state index contributed by atoms with van der Waals surface area (Å²) in [5, 5.41) is 0.471. The molecule has 5 heteroatoms. The lowest BCUT2D eigenvalue weighted by atomic mass is 10.3. The molecule has 1 atom stereocenters. The smallest absolute Gasteiger partial charge is 0.211 e. The Morgan fingerprint density at radius 2 is 1.94 bits per heavy atom. The normalized spacial score (nSPS) is 13.6. The fourth-order valence-corrected chi connectivity index (χ4v) is 2.62. The Balaban J connectivity index is 2.54. The third-order valence-electron chi connectivity index (χ3n) is 2.30. The first kappa shape index (κ1) is 13.5. The van der Waals surface area contributed by atoms with Crippen molar-refractivity contribution < 1.29 is 8.42 Å². The Morgan fingerprint density at radius 1 is 1.31 bits per heavy atom. The molecule has 90 valence electrons. The lowest BCUT2D eigenvalue weighted by Crippen LogP contribution is -2.26. The fourth-order valence-electron chi connectivity index (χ4n) is 1.20. The summed E-state index contributed by atoms with van der Waals surface area (Å²) in [4.78, 5) is 0.326. The molecule has 0 spiro atoms. The van der Waals surface area contributed by atoms with Gasteiger partial charge in [-0.25, -0.2) is 13.1 Å². The van der Waals surface area contributed by atoms with E-state index >= 15 is 0 Å². The van der Waals surface area contributed by atoms with Gasteiger partial charge in [-0.1, -0.05) is 25.1 Å². The zero-order valence-corrected chi connectivity index (χ0v) is 11.1. The number of thioether (sulfide) groups is 1. The molecule has 16 heavy (non-hydrogen) atoms. The Labute approximate surface area is 102 Å². The second-order valence-electron chi connectivity index (χ2n) is 3.55. The molecule has 0 saturated carbocycles. The monoisotopic (exact) mass is 259 g/mol. The van der Waals surface area contributed by atoms with Crippen LogP contribution in [0.5, 0.6) is 0 Å². The van der Waals surface area contributed by atoms with E-state index < -0.39 is 10.0 Å². The van der Waals surface area contributed by atoms with Gasteiger partial charge in [0.2, 0.25) is 10.0 Å². The quantitative estimate of drug-likeness (QED) is 0.851. The molecule has 1 aromatic carbocycles. The van der Waals surface area contributed by atoms with Gasteiger partial charge in [0.15, 0.2) is 0 Å². The number of hydrogen-bond acceptors (Lipinski definition) is 3. The molecular formula is C11H17NO2S2. The first-order valence-electron chi connectivity index (χ1n) is 5.14. The summed E-state index contributed by atoms with van der Waals surface area (Å²) in [6.45, 7) is 2.57. The van der Waals surface area contributed by atoms with Gasteiger partial charge >= 0.3 is 0 Å². The van der Waals surface area contributed by atoms with Gasteiger partial charge in [0.05, 0.1) is 4.90 Å². The largest absolute Gasteiger partial charge is 0.240 e. The van der Waals surface area contributed by atoms with Crippen LogP contribution in [0.2, 0.25) is 0 Å². The number of hydrogen-bond donors (Lipinski definition) is 1. The minimum atomic E-state index is -3.32. The predicted molar refractivity (Wildman–Crippen MR) is 69.2 cm³/mol. The molecule has 0 amide bonds. The van der Waals surface area contributed by atoms with Crippen LogP contribution >= 0.6 is 11.8 Å². The van der Waals surface area contributed by atoms with E-state index in [1.807, 2.05) is 6.26 Å². The molecule has 1 N–H and O–H groups in total. The molecule has 1 unspecified atom stereocenters. The first-order chi connectivity index (χ1) is 7.56. The zero-order valence-electron chi connectivity index (χ0n) is 9.51. The van der Waals surface area contributed by atoms with Crippen LogP contribution in [0.25, 0.3) is 0 Å². The van der Waals surface area contributed by atoms with Crippen molar-refractivity contribution in [3.63, 3.8) is 0 Å². The average molecular weight is 259 g/mol. The van der Waals surface area contributed by atoms with E-state index in [1.54, 1.807) is 42.1 Å². The topological polar surface area (TPSA) is 46.2 Å². The predicted octanol–water partition coefficient (Wildman–Crippen LogP) is 2.11. The Morgan fingerprint density at radius 3 is 2.50 bits per heavy atom. The van der Waals surface area contributed by atoms with E-state index in [0.717, 1.165) is 6.42 Å². The average Bonchev–Trinajstić information content (AvgIpc) is 2.30. The molecule has 0 fully saturated rings. The van der Waals surface area contributed by atoms with Crippen LogP contribution in [0.1, 0.15) is 13.3 Å². The molecule has 0 heterocycles. The van der Waals surface area contributed by atoms with Gasteiger partial charge < -0.3 is 0 Å². The first-order valence-corrected chi connectivity index (χ1v) is 7.91. The van der Waals surface area contributed by atoms with Gasteiger partial charge in [-0.15, -0.1) is 0 Å². The molecule has 0 aliphatic rings. The second-order valence-corrected chi connectivity index (χ2v) is 6.59. The Kier molecular flexibility index (Phi) is 5.31. The highest BCUT2D eigenvalue weighted by molar-refractivity contribution is 7.99. The van der Waals surface area contributed by atoms with E-state index in [-0.39, 0.29) is 0 Å². The van der Waals surface area contributed by atoms with E-state index in [9.17, 15) is 8.42 Å². The highest BCUT2D eigenvalue weighted by Crippen LogP contribution is 2.10. The minimum Gasteiger partial charge on any atom is -0.211 e. The van der Waals surface area contributed by atoms with E-state index in [2.05, 4.69) is 11.6 Å². The maximum atomic E-state index is 11.8. The fraction of sp³-hybridized carbons (Fsp3) is 0.455. The van der Waals surface area contributed by atoms with Crippen molar-refractivity contribution in [2.24, 2.45) is 0 Å². The third-order valence-corrected chi connectivity index (χ3v) is 4.82. The molecule has 0 bridgehead atoms. The van der Waals surface area contributed by atoms with Crippen molar-refractivity contribution in [3.8, 4) is 0 Å². The van der Waals surface area contributed by atoms with E-state index in [4.69, 9.17) is 0 Å². The SMILES string of the molecule is CSC(C)CCNS(=O)(=O)c1ccccc1. The number of sulfonamides is 1. The summed E-state index contributed by atoms with van der Waals surface area (Å²) in [5.41, 5.74) is 0. The molecule has 3 nitrogen and oxygen atoms in total. The highest BCUT2D eigenvalue weighted by Gasteiger charge is 2.12. The maximum Gasteiger partial charge on any atom is 0.240 e. The number of nitrogens with one attached hydrogen (secondary N) is 1. The molecule has 0 aromatic heterocycles. The highest BCUT2D eigenvalue weighted by atomic mass is 32.2. The summed E-state index contributed by atoms with van der Waals surface area (Å²) in [6, 6.07) is 8.44. The molecule has 0 radical (unpaired) electrons. The lowest BCUT2D eigenvalue weighted by molar-refractivity contribution is 0.579. The minimum absolute atomic E-state index is 0.326. The van der Waals surface area contributed by atoms with Crippen LogP contribution < -0.4 is 4.72 Å². The van der Waals surface area contributed by atoms with Crippen LogP contribution in [0.4, 0.5) is 0 Å². The maximum absolute atomic E-state index is 11.8. The summed E-state index contributed by atoms with van der Waals surface area (Å²) in [7, 11) is -3.32. The van der Waals surface area contributed by atoms with E-state index in [0.29, 0.717) is 16.7 Å². The van der Waals surface area contributed by atoms with Crippen LogP contribution in [-0.2, 0) is 10.0 Å². The lowest BCUT2D eigenvalue weighted by Gasteiger charge is -2.09. The Hall–Kier alpha value is -0.520. The van der Waals surface area contributed by atoms with Crippen molar-refractivity contribution in [1.82, 2.24) is 4.72 Å². The zero-order chi connectivity index (χ0) is 12.0.